The highest BCUT2D eigenvalue weighted by molar-refractivity contribution is 7.71. The number of hydrogen-bond acceptors (Lipinski definition) is 3. The molecule has 3 aromatic rings. The Labute approximate surface area is 150 Å². The fourth-order valence-electron chi connectivity index (χ4n) is 3.14. The van der Waals surface area contributed by atoms with Crippen molar-refractivity contribution in [1.29, 1.82) is 0 Å². The Kier molecular flexibility index (Phi) is 3.86. The number of H-pyrrole nitrogens is 2. The van der Waals surface area contributed by atoms with Crippen LogP contribution in [0.25, 0.3) is 5.70 Å². The molecule has 1 aliphatic heterocycles. The molecule has 2 heterocycles. The molecule has 2 aromatic carbocycles. The Morgan fingerprint density at radius 3 is 2.40 bits per heavy atom. The molecule has 4 rings (SSSR count). The number of aryl methyl sites for hydroxylation is 1. The second kappa shape index (κ2) is 6.18. The van der Waals surface area contributed by atoms with Crippen LogP contribution in [0.2, 0.25) is 0 Å². The molecule has 0 aliphatic carbocycles. The Morgan fingerprint density at radius 1 is 0.960 bits per heavy atom. The molecule has 0 bridgehead atoms. The van der Waals surface area contributed by atoms with Gasteiger partial charge >= 0.3 is 0 Å². The van der Waals surface area contributed by atoms with Crippen LogP contribution in [0.1, 0.15) is 28.2 Å². The Bertz CT molecular complexity index is 1060. The quantitative estimate of drug-likeness (QED) is 0.604. The number of hydrogen-bond donors (Lipinski definition) is 3. The summed E-state index contributed by atoms with van der Waals surface area (Å²) in [6.07, 6.45) is 2.09. The van der Waals surface area contributed by atoms with Gasteiger partial charge in [0.05, 0.1) is 5.56 Å². The van der Waals surface area contributed by atoms with Gasteiger partial charge in [0.1, 0.15) is 5.82 Å². The van der Waals surface area contributed by atoms with E-state index in [1.165, 1.54) is 5.56 Å². The minimum Gasteiger partial charge on any atom is -0.341 e. The van der Waals surface area contributed by atoms with Gasteiger partial charge in [-0.1, -0.05) is 60.2 Å². The van der Waals surface area contributed by atoms with Crippen molar-refractivity contribution in [2.45, 2.75) is 12.8 Å². The van der Waals surface area contributed by atoms with Crippen LogP contribution in [-0.2, 0) is 0 Å². The van der Waals surface area contributed by atoms with Gasteiger partial charge in [0.25, 0.3) is 5.56 Å². The molecule has 1 unspecified atom stereocenters. The van der Waals surface area contributed by atoms with Gasteiger partial charge in [-0.15, -0.1) is 0 Å². The van der Waals surface area contributed by atoms with Crippen LogP contribution in [0, 0.1) is 11.7 Å². The van der Waals surface area contributed by atoms with Crippen LogP contribution in [0.15, 0.2) is 65.5 Å². The van der Waals surface area contributed by atoms with Crippen molar-refractivity contribution in [1.82, 2.24) is 9.97 Å². The van der Waals surface area contributed by atoms with Crippen LogP contribution in [0.5, 0.6) is 0 Å². The first-order valence-corrected chi connectivity index (χ1v) is 8.50. The van der Waals surface area contributed by atoms with Crippen LogP contribution in [0.3, 0.4) is 0 Å². The first kappa shape index (κ1) is 15.6. The van der Waals surface area contributed by atoms with E-state index in [0.29, 0.717) is 16.2 Å². The van der Waals surface area contributed by atoms with Gasteiger partial charge in [0.15, 0.2) is 4.77 Å². The summed E-state index contributed by atoms with van der Waals surface area (Å²) in [4.78, 5) is 18.4. The highest BCUT2D eigenvalue weighted by atomic mass is 32.1. The number of nitrogens with one attached hydrogen (secondary N) is 3. The summed E-state index contributed by atoms with van der Waals surface area (Å²) in [6, 6.07) is 18.3. The summed E-state index contributed by atoms with van der Waals surface area (Å²) < 4.78 is 0.313. The molecule has 25 heavy (non-hydrogen) atoms. The molecule has 0 amide bonds. The normalized spacial score (nSPS) is 15.9. The molecule has 4 nitrogen and oxygen atoms in total. The van der Waals surface area contributed by atoms with E-state index in [9.17, 15) is 4.79 Å². The second-order valence-electron chi connectivity index (χ2n) is 6.16. The van der Waals surface area contributed by atoms with Gasteiger partial charge in [-0.25, -0.2) is 0 Å². The summed E-state index contributed by atoms with van der Waals surface area (Å²) in [5, 5.41) is 3.32. The van der Waals surface area contributed by atoms with E-state index < -0.39 is 0 Å². The lowest BCUT2D eigenvalue weighted by Gasteiger charge is -2.25. The van der Waals surface area contributed by atoms with Crippen molar-refractivity contribution in [3.8, 4) is 0 Å². The zero-order valence-corrected chi connectivity index (χ0v) is 14.5. The highest BCUT2D eigenvalue weighted by Gasteiger charge is 2.25. The maximum absolute atomic E-state index is 12.6. The van der Waals surface area contributed by atoms with Gasteiger partial charge in [-0.05, 0) is 36.3 Å². The first-order valence-electron chi connectivity index (χ1n) is 8.09. The molecule has 0 fully saturated rings. The monoisotopic (exact) mass is 347 g/mol. The van der Waals surface area contributed by atoms with E-state index in [-0.39, 0.29) is 11.5 Å². The van der Waals surface area contributed by atoms with E-state index in [4.69, 9.17) is 12.2 Å². The van der Waals surface area contributed by atoms with Gasteiger partial charge in [0.2, 0.25) is 0 Å². The molecule has 1 atom stereocenters. The fraction of sp³-hybridized carbons (Fsp3) is 0.100. The molecular weight excluding hydrogens is 330 g/mol. The summed E-state index contributed by atoms with van der Waals surface area (Å²) in [7, 11) is 0. The molecule has 0 radical (unpaired) electrons. The summed E-state index contributed by atoms with van der Waals surface area (Å²) >= 11 is 5.14. The number of rotatable bonds is 2. The minimum atomic E-state index is -0.166. The topological polar surface area (TPSA) is 60.7 Å². The van der Waals surface area contributed by atoms with Crippen molar-refractivity contribution < 1.29 is 0 Å². The van der Waals surface area contributed by atoms with Gasteiger partial charge in [-0.3, -0.25) is 9.78 Å². The van der Waals surface area contributed by atoms with Crippen molar-refractivity contribution in [2.75, 3.05) is 5.32 Å². The second-order valence-corrected chi connectivity index (χ2v) is 6.56. The summed E-state index contributed by atoms with van der Waals surface area (Å²) in [5.41, 5.74) is 4.75. The predicted molar refractivity (Wildman–Crippen MR) is 103 cm³/mol. The maximum Gasteiger partial charge on any atom is 0.257 e. The summed E-state index contributed by atoms with van der Waals surface area (Å²) in [5.74, 6) is 0.503. The average molecular weight is 347 g/mol. The van der Waals surface area contributed by atoms with Crippen molar-refractivity contribution in [3.63, 3.8) is 0 Å². The van der Waals surface area contributed by atoms with E-state index in [1.54, 1.807) is 0 Å². The number of allylic oxidation sites excluding steroid dienone is 1. The standard InChI is InChI=1S/C20H17N3OS/c1-12-7-9-13(10-8-12)15-11-16(14-5-3-2-4-6-14)21-18-17(15)19(24)23-20(25)22-18/h2-11,15H,1H3,(H3,21,22,23,24,25). The Balaban J connectivity index is 1.93. The molecule has 1 aliphatic rings. The largest absolute Gasteiger partial charge is 0.341 e. The number of aromatic nitrogens is 2. The molecule has 0 saturated heterocycles. The number of fused-ring (bicyclic) bond motifs is 1. The molecule has 3 N–H and O–H groups in total. The van der Waals surface area contributed by atoms with E-state index in [0.717, 1.165) is 16.8 Å². The first-order chi connectivity index (χ1) is 12.1. The van der Waals surface area contributed by atoms with Crippen molar-refractivity contribution in [2.24, 2.45) is 0 Å². The third-order valence-electron chi connectivity index (χ3n) is 4.40. The van der Waals surface area contributed by atoms with Crippen LogP contribution >= 0.6 is 12.2 Å². The fourth-order valence-corrected chi connectivity index (χ4v) is 3.34. The Hall–Kier alpha value is -2.92. The molecule has 0 spiro atoms. The Morgan fingerprint density at radius 2 is 1.68 bits per heavy atom. The SMILES string of the molecule is Cc1ccc(C2C=C(c3ccccc3)Nc3[nH]c(=S)[nH]c(=O)c32)cc1. The lowest BCUT2D eigenvalue weighted by Crippen LogP contribution is -2.24. The maximum atomic E-state index is 12.6. The third-order valence-corrected chi connectivity index (χ3v) is 4.61. The highest BCUT2D eigenvalue weighted by Crippen LogP contribution is 2.36. The molecule has 124 valence electrons. The smallest absolute Gasteiger partial charge is 0.257 e. The average Bonchev–Trinajstić information content (AvgIpc) is 2.62. The number of aromatic amines is 2. The number of anilines is 1. The zero-order chi connectivity index (χ0) is 17.4. The van der Waals surface area contributed by atoms with E-state index >= 15 is 0 Å². The van der Waals surface area contributed by atoms with Gasteiger partial charge in [-0.2, -0.15) is 0 Å². The van der Waals surface area contributed by atoms with E-state index in [2.05, 4.69) is 52.5 Å². The zero-order valence-electron chi connectivity index (χ0n) is 13.7. The van der Waals surface area contributed by atoms with Crippen LogP contribution in [0.4, 0.5) is 5.82 Å². The minimum absolute atomic E-state index is 0.150. The van der Waals surface area contributed by atoms with Crippen molar-refractivity contribution >= 4 is 23.7 Å². The third kappa shape index (κ3) is 2.94. The van der Waals surface area contributed by atoms with Crippen molar-refractivity contribution in [3.05, 3.63) is 98.1 Å². The van der Waals surface area contributed by atoms with E-state index in [1.807, 2.05) is 30.3 Å². The van der Waals surface area contributed by atoms with Crippen LogP contribution in [-0.4, -0.2) is 9.97 Å². The van der Waals surface area contributed by atoms with Gasteiger partial charge in [0, 0.05) is 11.6 Å². The molecular formula is C20H17N3OS. The predicted octanol–water partition coefficient (Wildman–Crippen LogP) is 4.34. The molecule has 0 saturated carbocycles. The van der Waals surface area contributed by atoms with Gasteiger partial charge < -0.3 is 10.3 Å². The lowest BCUT2D eigenvalue weighted by molar-refractivity contribution is 0.930. The summed E-state index contributed by atoms with van der Waals surface area (Å²) in [6.45, 7) is 2.05. The molecule has 1 aromatic heterocycles. The molecule has 5 heteroatoms. The van der Waals surface area contributed by atoms with Crippen LogP contribution < -0.4 is 10.9 Å². The number of benzene rings is 2. The lowest BCUT2D eigenvalue weighted by atomic mass is 9.87.